The fourth-order valence-electron chi connectivity index (χ4n) is 9.08. The van der Waals surface area contributed by atoms with Crippen molar-refractivity contribution >= 4 is 7.32 Å². The number of rotatable bonds is 51. The van der Waals surface area contributed by atoms with Gasteiger partial charge in [-0.1, -0.05) is 290 Å². The smallest absolute Gasteiger partial charge is 0.0766 e. The second-order valence-corrected chi connectivity index (χ2v) is 22.1. The Morgan fingerprint density at radius 2 is 0.284 bits per heavy atom. The van der Waals surface area contributed by atoms with Crippen molar-refractivity contribution in [2.45, 2.75) is 329 Å². The largest absolute Gasteiger partial charge is 0.907 e. The zero-order valence-electron chi connectivity index (χ0n) is 48.4. The summed E-state index contributed by atoms with van der Waals surface area (Å²) in [6, 6.07) is 0. The van der Waals surface area contributed by atoms with Crippen LogP contribution < -0.4 is 29.8 Å². The van der Waals surface area contributed by atoms with Gasteiger partial charge >= 0.3 is 0 Å². The zero-order valence-corrected chi connectivity index (χ0v) is 48.4. The van der Waals surface area contributed by atoms with Gasteiger partial charge in [-0.3, -0.25) is 7.32 Å². The zero-order chi connectivity index (χ0) is 50.4. The molecule has 0 radical (unpaired) electrons. The fraction of sp³-hybridized carbons (Fsp3) is 1.00. The maximum Gasteiger partial charge on any atom is 0.0766 e. The standard InChI is InChI=1S/3C20H43N.BO3/c3*1-4-5-6-7-8-9-10-11-12-13-14-15-16-17-18-19-20-21(2)3;2-1(3)4/h3*4-20H2,1-3H3;/q;;;-3/p+3. The fourth-order valence-corrected chi connectivity index (χ4v) is 9.08. The molecule has 0 fully saturated rings. The maximum atomic E-state index is 8.42. The van der Waals surface area contributed by atoms with Crippen molar-refractivity contribution in [3.63, 3.8) is 0 Å². The molecule has 0 aliphatic rings. The Morgan fingerprint density at radius 3 is 0.373 bits per heavy atom. The first-order valence-electron chi connectivity index (χ1n) is 30.9. The van der Waals surface area contributed by atoms with Crippen LogP contribution in [0, 0.1) is 0 Å². The average molecular weight is 955 g/mol. The van der Waals surface area contributed by atoms with Gasteiger partial charge in [0.25, 0.3) is 0 Å². The molecule has 0 saturated heterocycles. The molecule has 0 amide bonds. The minimum absolute atomic E-state index is 1.35. The van der Waals surface area contributed by atoms with Gasteiger partial charge in [-0.25, -0.2) is 0 Å². The summed E-state index contributed by atoms with van der Waals surface area (Å²) < 4.78 is 0. The third-order valence-corrected chi connectivity index (χ3v) is 13.6. The van der Waals surface area contributed by atoms with E-state index in [1.807, 2.05) is 0 Å². The minimum atomic E-state index is -2.92. The van der Waals surface area contributed by atoms with E-state index in [0.717, 1.165) is 0 Å². The van der Waals surface area contributed by atoms with E-state index < -0.39 is 7.32 Å². The highest BCUT2D eigenvalue weighted by Crippen LogP contribution is 2.16. The van der Waals surface area contributed by atoms with Crippen molar-refractivity contribution in [3.8, 4) is 0 Å². The van der Waals surface area contributed by atoms with Gasteiger partial charge in [-0.05, 0) is 38.5 Å². The lowest BCUT2D eigenvalue weighted by molar-refractivity contribution is -0.858. The van der Waals surface area contributed by atoms with E-state index in [1.54, 1.807) is 14.7 Å². The van der Waals surface area contributed by atoms with Crippen LogP contribution in [0.4, 0.5) is 0 Å². The Morgan fingerprint density at radius 1 is 0.194 bits per heavy atom. The van der Waals surface area contributed by atoms with Crippen LogP contribution >= 0.6 is 0 Å². The highest BCUT2D eigenvalue weighted by Gasteiger charge is 1.99. The van der Waals surface area contributed by atoms with E-state index in [-0.39, 0.29) is 0 Å². The molecule has 0 aliphatic heterocycles. The molecule has 0 aromatic heterocycles. The predicted octanol–water partition coefficient (Wildman–Crippen LogP) is 12.2. The van der Waals surface area contributed by atoms with Crippen LogP contribution in [0.15, 0.2) is 0 Å². The van der Waals surface area contributed by atoms with Crippen LogP contribution in [0.1, 0.15) is 329 Å². The third-order valence-electron chi connectivity index (χ3n) is 13.6. The van der Waals surface area contributed by atoms with Gasteiger partial charge in [-0.15, -0.1) is 0 Å². The molecule has 0 bridgehead atoms. The van der Waals surface area contributed by atoms with Gasteiger partial charge < -0.3 is 29.8 Å². The van der Waals surface area contributed by atoms with Gasteiger partial charge in [-0.2, -0.15) is 0 Å². The number of quaternary nitrogens is 3. The summed E-state index contributed by atoms with van der Waals surface area (Å²) in [5, 5.41) is 25.2. The van der Waals surface area contributed by atoms with Crippen LogP contribution in [0.3, 0.4) is 0 Å². The quantitative estimate of drug-likeness (QED) is 0.0420. The summed E-state index contributed by atoms with van der Waals surface area (Å²) in [6.45, 7) is 10.9. The Balaban J connectivity index is -0.000000426. The first kappa shape index (κ1) is 73.4. The summed E-state index contributed by atoms with van der Waals surface area (Å²) >= 11 is 0. The number of nitrogens with one attached hydrogen (secondary N) is 3. The number of hydrogen-bond donors (Lipinski definition) is 3. The maximum absolute atomic E-state index is 8.42. The van der Waals surface area contributed by atoms with E-state index in [1.165, 1.54) is 328 Å². The molecule has 0 heterocycles. The highest BCUT2D eigenvalue weighted by atomic mass is 16.5. The normalized spacial score (nSPS) is 11.1. The van der Waals surface area contributed by atoms with Crippen LogP contribution in [0.5, 0.6) is 0 Å². The lowest BCUT2D eigenvalue weighted by atomic mass is 10.0. The van der Waals surface area contributed by atoms with Crippen molar-refractivity contribution in [1.82, 2.24) is 0 Å². The SMILES string of the molecule is CCCCCCCCCCCCCCCCCC[NH+](C)C.CCCCCCCCCCCCCCCCCC[NH+](C)C.CCCCCCCCCCCCCCCCCC[NH+](C)C.[O-]B([O-])[O-]. The molecule has 408 valence electrons. The summed E-state index contributed by atoms with van der Waals surface area (Å²) in [6.07, 6.45) is 70.3. The van der Waals surface area contributed by atoms with Crippen LogP contribution in [0.25, 0.3) is 0 Å². The molecule has 0 unspecified atom stereocenters. The molecule has 0 saturated carbocycles. The molecular weight excluding hydrogens is 821 g/mol. The second-order valence-electron chi connectivity index (χ2n) is 22.1. The summed E-state index contributed by atoms with van der Waals surface area (Å²) in [7, 11) is 10.6. The van der Waals surface area contributed by atoms with Crippen LogP contribution in [0.2, 0.25) is 0 Å². The van der Waals surface area contributed by atoms with Crippen molar-refractivity contribution < 1.29 is 29.8 Å². The van der Waals surface area contributed by atoms with Gasteiger partial charge in [0.15, 0.2) is 0 Å². The van der Waals surface area contributed by atoms with Gasteiger partial charge in [0.2, 0.25) is 0 Å². The van der Waals surface area contributed by atoms with Crippen molar-refractivity contribution in [1.29, 1.82) is 0 Å². The first-order chi connectivity index (χ1) is 32.5. The topological polar surface area (TPSA) is 82.5 Å². The van der Waals surface area contributed by atoms with Gasteiger partial charge in [0.05, 0.1) is 61.9 Å². The molecule has 0 aromatic carbocycles. The van der Waals surface area contributed by atoms with Crippen molar-refractivity contribution in [2.24, 2.45) is 0 Å². The summed E-state index contributed by atoms with van der Waals surface area (Å²) in [4.78, 5) is 4.79. The molecule has 0 atom stereocenters. The molecular formula is C60H132BN3O3. The summed E-state index contributed by atoms with van der Waals surface area (Å²) in [5.74, 6) is 0. The molecule has 0 spiro atoms. The van der Waals surface area contributed by atoms with E-state index in [2.05, 4.69) is 63.1 Å². The predicted molar refractivity (Wildman–Crippen MR) is 297 cm³/mol. The lowest BCUT2D eigenvalue weighted by Crippen LogP contribution is -3.05. The van der Waals surface area contributed by atoms with Crippen molar-refractivity contribution in [3.05, 3.63) is 0 Å². The lowest BCUT2D eigenvalue weighted by Gasteiger charge is -2.35. The monoisotopic (exact) mass is 954 g/mol. The third kappa shape index (κ3) is 92.6. The van der Waals surface area contributed by atoms with Crippen LogP contribution in [-0.2, 0) is 0 Å². The molecule has 0 rings (SSSR count). The Bertz CT molecular complexity index is 690. The molecule has 0 aliphatic carbocycles. The Labute approximate surface area is 426 Å². The van der Waals surface area contributed by atoms with E-state index >= 15 is 0 Å². The average Bonchev–Trinajstić information content (AvgIpc) is 3.28. The van der Waals surface area contributed by atoms with Crippen molar-refractivity contribution in [2.75, 3.05) is 61.9 Å². The molecule has 7 heteroatoms. The van der Waals surface area contributed by atoms with Crippen LogP contribution in [-0.4, -0.2) is 69.2 Å². The summed E-state index contributed by atoms with van der Waals surface area (Å²) in [5.41, 5.74) is 0. The Hall–Kier alpha value is -0.175. The van der Waals surface area contributed by atoms with E-state index in [9.17, 15) is 0 Å². The van der Waals surface area contributed by atoms with E-state index in [0.29, 0.717) is 0 Å². The van der Waals surface area contributed by atoms with E-state index in [4.69, 9.17) is 15.1 Å². The minimum Gasteiger partial charge on any atom is -0.907 e. The first-order valence-corrected chi connectivity index (χ1v) is 30.9. The Kier molecular flexibility index (Phi) is 76.7. The molecule has 0 aromatic rings. The second kappa shape index (κ2) is 70.1. The number of hydrogen-bond acceptors (Lipinski definition) is 3. The highest BCUT2D eigenvalue weighted by molar-refractivity contribution is 6.24. The van der Waals surface area contributed by atoms with Gasteiger partial charge in [0, 0.05) is 0 Å². The van der Waals surface area contributed by atoms with Gasteiger partial charge in [0.1, 0.15) is 0 Å². The number of unbranched alkanes of at least 4 members (excludes halogenated alkanes) is 45. The molecule has 3 N–H and O–H groups in total. The molecule has 6 nitrogen and oxygen atoms in total. The molecule has 67 heavy (non-hydrogen) atoms.